The van der Waals surface area contributed by atoms with E-state index in [4.69, 9.17) is 9.47 Å². The van der Waals surface area contributed by atoms with E-state index >= 15 is 0 Å². The number of ether oxygens (including phenoxy) is 2. The van der Waals surface area contributed by atoms with Gasteiger partial charge >= 0.3 is 0 Å². The standard InChI is InChI=1S/C23H28N4O3/c1-17(28)18-8-9-21(22(16-18)29-2)30-15-5-10-26-11-13-27(14-12-26)23-19-6-3-4-7-20(19)24-25-23/h3-4,6-9,16H,5,10-15H2,1-2H3,(H,24,25). The summed E-state index contributed by atoms with van der Waals surface area (Å²) in [5.74, 6) is 2.34. The smallest absolute Gasteiger partial charge is 0.161 e. The molecule has 0 radical (unpaired) electrons. The van der Waals surface area contributed by atoms with Crippen LogP contribution in [0.2, 0.25) is 0 Å². The Labute approximate surface area is 176 Å². The fraction of sp³-hybridized carbons (Fsp3) is 0.391. The van der Waals surface area contributed by atoms with Crippen LogP contribution in [0.15, 0.2) is 42.5 Å². The van der Waals surface area contributed by atoms with Gasteiger partial charge in [-0.3, -0.25) is 14.8 Å². The van der Waals surface area contributed by atoms with Gasteiger partial charge in [-0.2, -0.15) is 5.10 Å². The van der Waals surface area contributed by atoms with E-state index in [0.29, 0.717) is 23.7 Å². The minimum absolute atomic E-state index is 0.0156. The average Bonchev–Trinajstić information content (AvgIpc) is 3.21. The highest BCUT2D eigenvalue weighted by atomic mass is 16.5. The molecule has 7 heteroatoms. The van der Waals surface area contributed by atoms with Crippen molar-refractivity contribution in [3.05, 3.63) is 48.0 Å². The van der Waals surface area contributed by atoms with Crippen LogP contribution in [0.3, 0.4) is 0 Å². The number of aromatic amines is 1. The van der Waals surface area contributed by atoms with Crippen molar-refractivity contribution in [2.45, 2.75) is 13.3 Å². The molecular weight excluding hydrogens is 380 g/mol. The fourth-order valence-electron chi connectivity index (χ4n) is 3.85. The largest absolute Gasteiger partial charge is 0.493 e. The van der Waals surface area contributed by atoms with E-state index in [0.717, 1.165) is 50.5 Å². The van der Waals surface area contributed by atoms with Gasteiger partial charge in [0.1, 0.15) is 0 Å². The molecular formula is C23H28N4O3. The molecule has 0 spiro atoms. The molecule has 1 aromatic heterocycles. The summed E-state index contributed by atoms with van der Waals surface area (Å²) in [6.45, 7) is 7.11. The molecule has 30 heavy (non-hydrogen) atoms. The van der Waals surface area contributed by atoms with Crippen LogP contribution >= 0.6 is 0 Å². The predicted molar refractivity (Wildman–Crippen MR) is 118 cm³/mol. The van der Waals surface area contributed by atoms with E-state index in [-0.39, 0.29) is 5.78 Å². The number of para-hydroxylation sites is 1. The molecule has 0 atom stereocenters. The van der Waals surface area contributed by atoms with Gasteiger partial charge in [0.15, 0.2) is 23.1 Å². The van der Waals surface area contributed by atoms with E-state index in [2.05, 4.69) is 38.2 Å². The van der Waals surface area contributed by atoms with Crippen molar-refractivity contribution < 1.29 is 14.3 Å². The van der Waals surface area contributed by atoms with Crippen LogP contribution in [0.25, 0.3) is 10.9 Å². The number of piperazine rings is 1. The van der Waals surface area contributed by atoms with Crippen molar-refractivity contribution in [3.8, 4) is 11.5 Å². The molecule has 0 amide bonds. The highest BCUT2D eigenvalue weighted by Gasteiger charge is 2.20. The number of anilines is 1. The van der Waals surface area contributed by atoms with Crippen molar-refractivity contribution in [1.29, 1.82) is 0 Å². The third-order valence-corrected chi connectivity index (χ3v) is 5.57. The van der Waals surface area contributed by atoms with Crippen LogP contribution in [0.5, 0.6) is 11.5 Å². The second-order valence-corrected chi connectivity index (χ2v) is 7.55. The number of carbonyl (C=O) groups is 1. The first-order valence-corrected chi connectivity index (χ1v) is 10.4. The first-order chi connectivity index (χ1) is 14.7. The van der Waals surface area contributed by atoms with Gasteiger partial charge in [0, 0.05) is 43.7 Å². The second kappa shape index (κ2) is 9.17. The number of fused-ring (bicyclic) bond motifs is 1. The number of nitrogens with zero attached hydrogens (tertiary/aromatic N) is 3. The summed E-state index contributed by atoms with van der Waals surface area (Å²) in [7, 11) is 1.59. The molecule has 1 aliphatic heterocycles. The Morgan fingerprint density at radius 2 is 1.90 bits per heavy atom. The third kappa shape index (κ3) is 4.41. The maximum atomic E-state index is 11.5. The molecule has 1 saturated heterocycles. The van der Waals surface area contributed by atoms with Crippen molar-refractivity contribution in [1.82, 2.24) is 15.1 Å². The van der Waals surface area contributed by atoms with Crippen molar-refractivity contribution in [3.63, 3.8) is 0 Å². The van der Waals surface area contributed by atoms with Gasteiger partial charge in [-0.15, -0.1) is 0 Å². The Bertz CT molecular complexity index is 1010. The van der Waals surface area contributed by atoms with Crippen LogP contribution in [-0.4, -0.2) is 67.3 Å². The molecule has 158 valence electrons. The van der Waals surface area contributed by atoms with Crippen LogP contribution in [0, 0.1) is 0 Å². The van der Waals surface area contributed by atoms with Gasteiger partial charge in [0.05, 0.1) is 19.2 Å². The van der Waals surface area contributed by atoms with Crippen LogP contribution in [0.1, 0.15) is 23.7 Å². The zero-order valence-corrected chi connectivity index (χ0v) is 17.6. The van der Waals surface area contributed by atoms with Crippen molar-refractivity contribution in [2.75, 3.05) is 51.3 Å². The van der Waals surface area contributed by atoms with Crippen molar-refractivity contribution >= 4 is 22.5 Å². The second-order valence-electron chi connectivity index (χ2n) is 7.55. The molecule has 7 nitrogen and oxygen atoms in total. The topological polar surface area (TPSA) is 70.7 Å². The summed E-state index contributed by atoms with van der Waals surface area (Å²) in [6, 6.07) is 13.6. The molecule has 0 unspecified atom stereocenters. The normalized spacial score (nSPS) is 14.8. The zero-order valence-electron chi connectivity index (χ0n) is 17.6. The van der Waals surface area contributed by atoms with Gasteiger partial charge in [0.25, 0.3) is 0 Å². The summed E-state index contributed by atoms with van der Waals surface area (Å²) in [6.07, 6.45) is 0.933. The summed E-state index contributed by atoms with van der Waals surface area (Å²) < 4.78 is 11.3. The molecule has 1 fully saturated rings. The minimum atomic E-state index is 0.0156. The van der Waals surface area contributed by atoms with Crippen molar-refractivity contribution in [2.24, 2.45) is 0 Å². The Kier molecular flexibility index (Phi) is 6.18. The summed E-state index contributed by atoms with van der Waals surface area (Å²) in [4.78, 5) is 16.3. The fourth-order valence-corrected chi connectivity index (χ4v) is 3.85. The Balaban J connectivity index is 1.23. The lowest BCUT2D eigenvalue weighted by atomic mass is 10.1. The molecule has 1 aliphatic rings. The van der Waals surface area contributed by atoms with Gasteiger partial charge in [-0.05, 0) is 43.7 Å². The van der Waals surface area contributed by atoms with Gasteiger partial charge in [-0.25, -0.2) is 0 Å². The first kappa shape index (κ1) is 20.2. The molecule has 2 aromatic carbocycles. The monoisotopic (exact) mass is 408 g/mol. The quantitative estimate of drug-likeness (QED) is 0.455. The number of hydrogen-bond acceptors (Lipinski definition) is 6. The third-order valence-electron chi connectivity index (χ3n) is 5.57. The van der Waals surface area contributed by atoms with E-state index in [1.54, 1.807) is 26.2 Å². The maximum absolute atomic E-state index is 11.5. The number of nitrogens with one attached hydrogen (secondary N) is 1. The average molecular weight is 409 g/mol. The number of benzene rings is 2. The van der Waals surface area contributed by atoms with Gasteiger partial charge in [0.2, 0.25) is 0 Å². The number of aromatic nitrogens is 2. The van der Waals surface area contributed by atoms with Gasteiger partial charge in [-0.1, -0.05) is 12.1 Å². The molecule has 2 heterocycles. The predicted octanol–water partition coefficient (Wildman–Crippen LogP) is 3.37. The number of hydrogen-bond donors (Lipinski definition) is 1. The number of methoxy groups -OCH3 is 1. The lowest BCUT2D eigenvalue weighted by Crippen LogP contribution is -2.47. The molecule has 0 aliphatic carbocycles. The summed E-state index contributed by atoms with van der Waals surface area (Å²) >= 11 is 0. The lowest BCUT2D eigenvalue weighted by molar-refractivity contribution is 0.101. The Morgan fingerprint density at radius 1 is 1.10 bits per heavy atom. The number of ketones is 1. The maximum Gasteiger partial charge on any atom is 0.161 e. The number of rotatable bonds is 8. The van der Waals surface area contributed by atoms with Gasteiger partial charge < -0.3 is 14.4 Å². The summed E-state index contributed by atoms with van der Waals surface area (Å²) in [5.41, 5.74) is 1.71. The number of H-pyrrole nitrogens is 1. The van der Waals surface area contributed by atoms with Crippen LogP contribution < -0.4 is 14.4 Å². The first-order valence-electron chi connectivity index (χ1n) is 10.4. The molecule has 1 N–H and O–H groups in total. The zero-order chi connectivity index (χ0) is 20.9. The van der Waals surface area contributed by atoms with E-state index in [1.165, 1.54) is 5.39 Å². The highest BCUT2D eigenvalue weighted by Crippen LogP contribution is 2.28. The molecule has 3 aromatic rings. The number of Topliss-reactive ketones (excluding diaryl/α,β-unsaturated/α-hetero) is 1. The lowest BCUT2D eigenvalue weighted by Gasteiger charge is -2.35. The highest BCUT2D eigenvalue weighted by molar-refractivity contribution is 5.94. The van der Waals surface area contributed by atoms with E-state index in [1.807, 2.05) is 12.1 Å². The Morgan fingerprint density at radius 3 is 2.67 bits per heavy atom. The summed E-state index contributed by atoms with van der Waals surface area (Å²) in [5, 5.41) is 8.82. The molecule has 4 rings (SSSR count). The molecule has 0 saturated carbocycles. The van der Waals surface area contributed by atoms with E-state index in [9.17, 15) is 4.79 Å². The van der Waals surface area contributed by atoms with Crippen LogP contribution in [-0.2, 0) is 0 Å². The molecule has 0 bridgehead atoms. The Hall–Kier alpha value is -3.06. The SMILES string of the molecule is COc1cc(C(C)=O)ccc1OCCCN1CCN(c2n[nH]c3ccccc23)CC1. The van der Waals surface area contributed by atoms with Crippen LogP contribution in [0.4, 0.5) is 5.82 Å². The van der Waals surface area contributed by atoms with E-state index < -0.39 is 0 Å². The minimum Gasteiger partial charge on any atom is -0.493 e. The number of carbonyl (C=O) groups excluding carboxylic acids is 1.